The Morgan fingerprint density at radius 1 is 1.04 bits per heavy atom. The average molecular weight is 356 g/mol. The predicted molar refractivity (Wildman–Crippen MR) is 100 cm³/mol. The number of rotatable bonds is 3. The van der Waals surface area contributed by atoms with Gasteiger partial charge in [-0.1, -0.05) is 0 Å². The number of hydrogen-bond donors (Lipinski definition) is 4. The summed E-state index contributed by atoms with van der Waals surface area (Å²) in [6.45, 7) is 3.57. The fourth-order valence-electron chi connectivity index (χ4n) is 2.55. The van der Waals surface area contributed by atoms with Gasteiger partial charge in [0.1, 0.15) is 23.0 Å². The summed E-state index contributed by atoms with van der Waals surface area (Å²) in [6, 6.07) is 0. The third-order valence-electron chi connectivity index (χ3n) is 3.97. The Morgan fingerprint density at radius 3 is 2.19 bits per heavy atom. The molecule has 0 unspecified atom stereocenters. The molecule has 0 saturated carbocycles. The first kappa shape index (κ1) is 17.2. The Bertz CT molecular complexity index is 1000. The van der Waals surface area contributed by atoms with Crippen LogP contribution in [0.1, 0.15) is 11.4 Å². The van der Waals surface area contributed by atoms with Crippen LogP contribution in [0, 0.1) is 13.8 Å². The minimum absolute atomic E-state index is 0.162. The number of hydrogen-bond acceptors (Lipinski definition) is 8. The molecule has 0 fully saturated rings. The van der Waals surface area contributed by atoms with E-state index >= 15 is 0 Å². The van der Waals surface area contributed by atoms with E-state index in [1.54, 1.807) is 27.9 Å². The molecule has 0 amide bonds. The van der Waals surface area contributed by atoms with Crippen molar-refractivity contribution in [2.45, 2.75) is 13.8 Å². The molecule has 0 aromatic carbocycles. The van der Waals surface area contributed by atoms with Crippen molar-refractivity contribution in [3.63, 3.8) is 0 Å². The van der Waals surface area contributed by atoms with E-state index in [-0.39, 0.29) is 11.7 Å². The number of aliphatic imine (C=N–C) groups is 2. The molecule has 0 spiro atoms. The van der Waals surface area contributed by atoms with Gasteiger partial charge in [-0.05, 0) is 13.8 Å². The maximum Gasteiger partial charge on any atom is 0.222 e. The van der Waals surface area contributed by atoms with Crippen LogP contribution in [0.4, 0.5) is 23.0 Å². The third-order valence-corrected chi connectivity index (χ3v) is 3.97. The molecular weight excluding hydrogens is 336 g/mol. The number of aromatic nitrogens is 4. The molecule has 26 heavy (non-hydrogen) atoms. The van der Waals surface area contributed by atoms with Gasteiger partial charge in [-0.2, -0.15) is 10.2 Å². The maximum atomic E-state index is 12.0. The van der Waals surface area contributed by atoms with E-state index in [0.717, 1.165) is 0 Å². The minimum atomic E-state index is -0.428. The van der Waals surface area contributed by atoms with Gasteiger partial charge in [0.15, 0.2) is 11.7 Å². The zero-order valence-corrected chi connectivity index (χ0v) is 14.9. The molecule has 136 valence electrons. The van der Waals surface area contributed by atoms with E-state index in [1.165, 1.54) is 15.4 Å². The molecule has 3 rings (SSSR count). The molecule has 1 aliphatic heterocycles. The fourth-order valence-corrected chi connectivity index (χ4v) is 2.55. The Kier molecular flexibility index (Phi) is 3.98. The molecule has 0 saturated heterocycles. The molecule has 2 aromatic rings. The first-order chi connectivity index (χ1) is 12.2. The Hall–Kier alpha value is -3.63. The topological polar surface area (TPSA) is 168 Å². The van der Waals surface area contributed by atoms with Gasteiger partial charge in [0.25, 0.3) is 0 Å². The Balaban J connectivity index is 2.08. The van der Waals surface area contributed by atoms with Gasteiger partial charge >= 0.3 is 0 Å². The molecule has 11 heteroatoms. The summed E-state index contributed by atoms with van der Waals surface area (Å²) in [5, 5.41) is 11.5. The molecule has 0 bridgehead atoms. The van der Waals surface area contributed by atoms with Crippen molar-refractivity contribution in [1.82, 2.24) is 19.6 Å². The van der Waals surface area contributed by atoms with Crippen LogP contribution in [-0.4, -0.2) is 37.0 Å². The van der Waals surface area contributed by atoms with Crippen LogP contribution in [0.3, 0.4) is 0 Å². The quantitative estimate of drug-likeness (QED) is 0.595. The number of carbonyl (C=O) groups excluding carboxylic acids is 1. The van der Waals surface area contributed by atoms with Crippen LogP contribution in [0.25, 0.3) is 0 Å². The van der Waals surface area contributed by atoms with Crippen molar-refractivity contribution in [2.75, 3.05) is 16.8 Å². The molecule has 3 heterocycles. The van der Waals surface area contributed by atoms with Crippen LogP contribution in [0.2, 0.25) is 0 Å². The smallest absolute Gasteiger partial charge is 0.222 e. The summed E-state index contributed by atoms with van der Waals surface area (Å²) in [4.78, 5) is 20.5. The van der Waals surface area contributed by atoms with Crippen molar-refractivity contribution in [2.24, 2.45) is 29.8 Å². The number of nitrogens with two attached hydrogens (primary N) is 3. The molecule has 0 aliphatic carbocycles. The van der Waals surface area contributed by atoms with Crippen LogP contribution in [0.15, 0.2) is 21.8 Å². The van der Waals surface area contributed by atoms with E-state index in [1.807, 2.05) is 0 Å². The maximum absolute atomic E-state index is 12.0. The van der Waals surface area contributed by atoms with Gasteiger partial charge in [0, 0.05) is 20.2 Å². The second-order valence-electron chi connectivity index (χ2n) is 5.89. The van der Waals surface area contributed by atoms with Gasteiger partial charge in [0.05, 0.1) is 17.1 Å². The number of nitrogens with one attached hydrogen (secondary N) is 1. The monoisotopic (exact) mass is 356 g/mol. The molecular formula is C15H20N10O. The van der Waals surface area contributed by atoms with Gasteiger partial charge < -0.3 is 22.5 Å². The van der Waals surface area contributed by atoms with Gasteiger partial charge in [-0.25, -0.2) is 9.98 Å². The molecule has 11 nitrogen and oxygen atoms in total. The van der Waals surface area contributed by atoms with Crippen molar-refractivity contribution in [1.29, 1.82) is 0 Å². The van der Waals surface area contributed by atoms with Crippen LogP contribution in [0.5, 0.6) is 0 Å². The lowest BCUT2D eigenvalue weighted by atomic mass is 10.2. The first-order valence-electron chi connectivity index (χ1n) is 7.73. The number of ketones is 1. The normalized spacial score (nSPS) is 16.0. The molecule has 0 radical (unpaired) electrons. The van der Waals surface area contributed by atoms with E-state index in [0.29, 0.717) is 40.1 Å². The van der Waals surface area contributed by atoms with Crippen molar-refractivity contribution >= 4 is 40.5 Å². The molecule has 2 aromatic heterocycles. The first-order valence-corrected chi connectivity index (χ1v) is 7.73. The lowest BCUT2D eigenvalue weighted by Crippen LogP contribution is -2.30. The number of carbonyl (C=O) groups is 1. The lowest BCUT2D eigenvalue weighted by molar-refractivity contribution is -0.109. The van der Waals surface area contributed by atoms with Crippen LogP contribution in [-0.2, 0) is 18.9 Å². The third kappa shape index (κ3) is 2.79. The number of nitrogen functional groups attached to an aromatic ring is 2. The number of anilines is 3. The summed E-state index contributed by atoms with van der Waals surface area (Å²) < 4.78 is 3.04. The highest BCUT2D eigenvalue weighted by atomic mass is 16.1. The number of aryl methyl sites for hydroxylation is 4. The van der Waals surface area contributed by atoms with Crippen molar-refractivity contribution in [3.05, 3.63) is 23.2 Å². The highest BCUT2D eigenvalue weighted by Gasteiger charge is 2.22. The minimum Gasteiger partial charge on any atom is -0.382 e. The number of dihydropyridines is 1. The Labute approximate surface area is 149 Å². The molecule has 7 N–H and O–H groups in total. The summed E-state index contributed by atoms with van der Waals surface area (Å²) in [6.07, 6.45) is 1.31. The van der Waals surface area contributed by atoms with Gasteiger partial charge in [-0.3, -0.25) is 14.2 Å². The lowest BCUT2D eigenvalue weighted by Gasteiger charge is -2.15. The number of nitrogens with zero attached hydrogens (tertiary/aromatic N) is 6. The Morgan fingerprint density at radius 2 is 1.65 bits per heavy atom. The standard InChI is InChI=1S/C15H20N10O/c1-6-10(13(17)24(3)22-6)19-8-5-9(26)12(16)21-15(8)20-11-7(2)23-25(4)14(11)18/h5,19H,17-18H2,1-4H3,(H2,16,20,21). The number of amidine groups is 2. The zero-order chi connectivity index (χ0) is 19.2. The summed E-state index contributed by atoms with van der Waals surface area (Å²) in [5.41, 5.74) is 20.4. The highest BCUT2D eigenvalue weighted by molar-refractivity contribution is 6.47. The van der Waals surface area contributed by atoms with Gasteiger partial charge in [-0.15, -0.1) is 0 Å². The SMILES string of the molecule is Cc1nn(C)c(N)c1/N=C1\N=C(N)C(=O)C=C1Nc1c(C)nn(C)c1N. The van der Waals surface area contributed by atoms with E-state index in [9.17, 15) is 4.79 Å². The largest absolute Gasteiger partial charge is 0.382 e. The van der Waals surface area contributed by atoms with Gasteiger partial charge in [0.2, 0.25) is 5.78 Å². The molecule has 1 aliphatic rings. The van der Waals surface area contributed by atoms with Crippen LogP contribution >= 0.6 is 0 Å². The van der Waals surface area contributed by atoms with Crippen LogP contribution < -0.4 is 22.5 Å². The highest BCUT2D eigenvalue weighted by Crippen LogP contribution is 2.29. The fraction of sp³-hybridized carbons (Fsp3) is 0.267. The van der Waals surface area contributed by atoms with Crippen molar-refractivity contribution < 1.29 is 4.79 Å². The predicted octanol–water partition coefficient (Wildman–Crippen LogP) is -0.0993. The summed E-state index contributed by atoms with van der Waals surface area (Å²) in [5.74, 6) is 0.396. The zero-order valence-electron chi connectivity index (χ0n) is 14.9. The second-order valence-corrected chi connectivity index (χ2v) is 5.89. The van der Waals surface area contributed by atoms with E-state index in [2.05, 4.69) is 25.5 Å². The second kappa shape index (κ2) is 6.02. The summed E-state index contributed by atoms with van der Waals surface area (Å²) in [7, 11) is 3.43. The van der Waals surface area contributed by atoms with E-state index in [4.69, 9.17) is 17.2 Å². The summed E-state index contributed by atoms with van der Waals surface area (Å²) >= 11 is 0. The van der Waals surface area contributed by atoms with E-state index < -0.39 is 5.78 Å². The van der Waals surface area contributed by atoms with Crippen molar-refractivity contribution in [3.8, 4) is 0 Å². The molecule has 0 atom stereocenters. The average Bonchev–Trinajstić information content (AvgIpc) is 2.95.